The molecule has 1 fully saturated rings. The van der Waals surface area contributed by atoms with Gasteiger partial charge in [-0.2, -0.15) is 4.98 Å². The van der Waals surface area contributed by atoms with Crippen molar-refractivity contribution in [2.75, 3.05) is 24.3 Å². The SMILES string of the molecule is CC(=O)c1cccc(C(=O)N[C@H]2CC[C@@H](Nc3nc4c(c(N(C)C)n3)CCCC4)CC2)c1. The molecule has 1 aromatic carbocycles. The Labute approximate surface area is 190 Å². The van der Waals surface area contributed by atoms with Gasteiger partial charge in [0.2, 0.25) is 5.95 Å². The normalized spacial score (nSPS) is 20.2. The second-order valence-electron chi connectivity index (χ2n) is 9.20. The molecule has 2 aliphatic carbocycles. The average molecular weight is 436 g/mol. The van der Waals surface area contributed by atoms with E-state index in [0.717, 1.165) is 50.3 Å². The fraction of sp³-hybridized carbons (Fsp3) is 0.520. The summed E-state index contributed by atoms with van der Waals surface area (Å²) in [5.41, 5.74) is 3.59. The van der Waals surface area contributed by atoms with Crippen LogP contribution in [0.2, 0.25) is 0 Å². The summed E-state index contributed by atoms with van der Waals surface area (Å²) < 4.78 is 0. The number of Topliss-reactive ketones (excluding diaryl/α,β-unsaturated/α-hetero) is 1. The molecule has 2 aliphatic rings. The molecule has 1 aromatic heterocycles. The molecule has 1 heterocycles. The lowest BCUT2D eigenvalue weighted by Gasteiger charge is -2.30. The van der Waals surface area contributed by atoms with Crippen molar-refractivity contribution in [3.8, 4) is 0 Å². The maximum Gasteiger partial charge on any atom is 0.251 e. The van der Waals surface area contributed by atoms with Crippen molar-refractivity contribution in [1.82, 2.24) is 15.3 Å². The van der Waals surface area contributed by atoms with Gasteiger partial charge in [-0.05, 0) is 70.4 Å². The first-order chi connectivity index (χ1) is 15.4. The van der Waals surface area contributed by atoms with E-state index in [-0.39, 0.29) is 17.7 Å². The summed E-state index contributed by atoms with van der Waals surface area (Å²) in [6.45, 7) is 1.51. The average Bonchev–Trinajstić information content (AvgIpc) is 2.79. The fourth-order valence-electron chi connectivity index (χ4n) is 4.72. The zero-order valence-electron chi connectivity index (χ0n) is 19.3. The maximum absolute atomic E-state index is 12.6. The number of hydrogen-bond donors (Lipinski definition) is 2. The molecule has 0 unspecified atom stereocenters. The number of amides is 1. The molecule has 0 saturated heterocycles. The van der Waals surface area contributed by atoms with Crippen molar-refractivity contribution in [1.29, 1.82) is 0 Å². The van der Waals surface area contributed by atoms with Crippen LogP contribution in [0.5, 0.6) is 0 Å². The van der Waals surface area contributed by atoms with E-state index in [0.29, 0.717) is 17.2 Å². The van der Waals surface area contributed by atoms with Crippen molar-refractivity contribution >= 4 is 23.5 Å². The Kier molecular flexibility index (Phi) is 6.72. The Morgan fingerprint density at radius 2 is 1.66 bits per heavy atom. The number of ketones is 1. The highest BCUT2D eigenvalue weighted by molar-refractivity contribution is 5.99. The number of aryl methyl sites for hydroxylation is 1. The van der Waals surface area contributed by atoms with Crippen LogP contribution in [0.25, 0.3) is 0 Å². The summed E-state index contributed by atoms with van der Waals surface area (Å²) in [4.78, 5) is 36.0. The highest BCUT2D eigenvalue weighted by atomic mass is 16.1. The number of anilines is 2. The number of fused-ring (bicyclic) bond motifs is 1. The largest absolute Gasteiger partial charge is 0.362 e. The van der Waals surface area contributed by atoms with E-state index in [9.17, 15) is 9.59 Å². The number of aromatic nitrogens is 2. The van der Waals surface area contributed by atoms with E-state index in [4.69, 9.17) is 9.97 Å². The van der Waals surface area contributed by atoms with Crippen molar-refractivity contribution in [2.24, 2.45) is 0 Å². The van der Waals surface area contributed by atoms with E-state index in [1.54, 1.807) is 24.3 Å². The summed E-state index contributed by atoms with van der Waals surface area (Å²) in [5, 5.41) is 6.69. The first-order valence-corrected chi connectivity index (χ1v) is 11.7. The third-order valence-electron chi connectivity index (χ3n) is 6.51. The van der Waals surface area contributed by atoms with Crippen LogP contribution in [-0.2, 0) is 12.8 Å². The van der Waals surface area contributed by atoms with Crippen LogP contribution in [0.4, 0.5) is 11.8 Å². The topological polar surface area (TPSA) is 87.2 Å². The molecule has 1 amide bonds. The Morgan fingerprint density at radius 3 is 2.38 bits per heavy atom. The van der Waals surface area contributed by atoms with Gasteiger partial charge in [0, 0.05) is 42.9 Å². The van der Waals surface area contributed by atoms with E-state index >= 15 is 0 Å². The van der Waals surface area contributed by atoms with Gasteiger partial charge in [0.05, 0.1) is 5.69 Å². The quantitative estimate of drug-likeness (QED) is 0.672. The summed E-state index contributed by atoms with van der Waals surface area (Å²) in [6, 6.07) is 7.36. The van der Waals surface area contributed by atoms with E-state index in [1.165, 1.54) is 31.0 Å². The molecular formula is C25H33N5O2. The summed E-state index contributed by atoms with van der Waals surface area (Å²) in [6.07, 6.45) is 8.20. The highest BCUT2D eigenvalue weighted by Gasteiger charge is 2.25. The van der Waals surface area contributed by atoms with Crippen LogP contribution >= 0.6 is 0 Å². The van der Waals surface area contributed by atoms with Crippen LogP contribution < -0.4 is 15.5 Å². The number of benzene rings is 1. The lowest BCUT2D eigenvalue weighted by Crippen LogP contribution is -2.40. The third kappa shape index (κ3) is 5.09. The zero-order valence-corrected chi connectivity index (χ0v) is 19.3. The van der Waals surface area contributed by atoms with Crippen molar-refractivity contribution in [3.05, 3.63) is 46.6 Å². The third-order valence-corrected chi connectivity index (χ3v) is 6.51. The van der Waals surface area contributed by atoms with Gasteiger partial charge in [-0.25, -0.2) is 4.98 Å². The Morgan fingerprint density at radius 1 is 0.969 bits per heavy atom. The Bertz CT molecular complexity index is 996. The predicted molar refractivity (Wildman–Crippen MR) is 127 cm³/mol. The number of nitrogens with one attached hydrogen (secondary N) is 2. The van der Waals surface area contributed by atoms with Gasteiger partial charge in [0.25, 0.3) is 5.91 Å². The molecule has 0 bridgehead atoms. The van der Waals surface area contributed by atoms with Crippen LogP contribution in [0.3, 0.4) is 0 Å². The second-order valence-corrected chi connectivity index (χ2v) is 9.20. The fourth-order valence-corrected chi connectivity index (χ4v) is 4.72. The number of nitrogens with zero attached hydrogens (tertiary/aromatic N) is 3. The van der Waals surface area contributed by atoms with Gasteiger partial charge in [-0.1, -0.05) is 12.1 Å². The Balaban J connectivity index is 1.34. The Hall–Kier alpha value is -2.96. The molecule has 4 rings (SSSR count). The van der Waals surface area contributed by atoms with Crippen molar-refractivity contribution in [2.45, 2.75) is 70.4 Å². The standard InChI is InChI=1S/C25H33N5O2/c1-16(31)17-7-6-8-18(15-17)24(32)26-19-11-13-20(14-12-19)27-25-28-22-10-5-4-9-21(22)23(29-25)30(2)3/h6-8,15,19-20H,4-5,9-14H2,1-3H3,(H,26,32)(H,27,28,29)/t19-,20+. The van der Waals surface area contributed by atoms with Gasteiger partial charge in [-0.3, -0.25) is 9.59 Å². The molecule has 32 heavy (non-hydrogen) atoms. The van der Waals surface area contributed by atoms with E-state index < -0.39 is 0 Å². The minimum atomic E-state index is -0.113. The molecular weight excluding hydrogens is 402 g/mol. The molecule has 1 saturated carbocycles. The van der Waals surface area contributed by atoms with Gasteiger partial charge in [0.15, 0.2) is 5.78 Å². The van der Waals surface area contributed by atoms with Crippen LogP contribution in [0.15, 0.2) is 24.3 Å². The molecule has 0 aliphatic heterocycles. The number of hydrogen-bond acceptors (Lipinski definition) is 6. The lowest BCUT2D eigenvalue weighted by molar-refractivity contribution is 0.0926. The zero-order chi connectivity index (χ0) is 22.7. The molecule has 2 aromatic rings. The summed E-state index contributed by atoms with van der Waals surface area (Å²) in [7, 11) is 4.09. The van der Waals surface area contributed by atoms with Crippen LogP contribution in [0, 0.1) is 0 Å². The lowest BCUT2D eigenvalue weighted by atomic mass is 9.91. The van der Waals surface area contributed by atoms with Crippen molar-refractivity contribution in [3.63, 3.8) is 0 Å². The minimum absolute atomic E-state index is 0.0342. The van der Waals surface area contributed by atoms with Gasteiger partial charge in [-0.15, -0.1) is 0 Å². The molecule has 170 valence electrons. The molecule has 7 nitrogen and oxygen atoms in total. The molecule has 0 radical (unpaired) electrons. The van der Waals surface area contributed by atoms with E-state index in [1.807, 2.05) is 14.1 Å². The predicted octanol–water partition coefficient (Wildman–Crippen LogP) is 3.78. The molecule has 2 N–H and O–H groups in total. The van der Waals surface area contributed by atoms with Gasteiger partial charge < -0.3 is 15.5 Å². The maximum atomic E-state index is 12.6. The molecule has 7 heteroatoms. The second kappa shape index (κ2) is 9.67. The summed E-state index contributed by atoms with van der Waals surface area (Å²) >= 11 is 0. The van der Waals surface area contributed by atoms with Gasteiger partial charge >= 0.3 is 0 Å². The van der Waals surface area contributed by atoms with Crippen LogP contribution in [-0.4, -0.2) is 47.8 Å². The molecule has 0 spiro atoms. The number of carbonyl (C=O) groups is 2. The minimum Gasteiger partial charge on any atom is -0.362 e. The van der Waals surface area contributed by atoms with Crippen LogP contribution in [0.1, 0.15) is 77.4 Å². The number of carbonyl (C=O) groups excluding carboxylic acids is 2. The van der Waals surface area contributed by atoms with Crippen molar-refractivity contribution < 1.29 is 9.59 Å². The first-order valence-electron chi connectivity index (χ1n) is 11.7. The molecule has 0 atom stereocenters. The van der Waals surface area contributed by atoms with Gasteiger partial charge in [0.1, 0.15) is 5.82 Å². The summed E-state index contributed by atoms with van der Waals surface area (Å²) in [5.74, 6) is 1.61. The first kappa shape index (κ1) is 22.2. The van der Waals surface area contributed by atoms with E-state index in [2.05, 4.69) is 15.5 Å². The highest BCUT2D eigenvalue weighted by Crippen LogP contribution is 2.29. The smallest absolute Gasteiger partial charge is 0.251 e. The number of rotatable bonds is 6. The monoisotopic (exact) mass is 435 g/mol.